The molecule has 11 heteroatoms. The van der Waals surface area contributed by atoms with Gasteiger partial charge in [0.25, 0.3) is 15.9 Å². The molecule has 0 saturated carbocycles. The fraction of sp³-hybridized carbons (Fsp3) is 0.233. The van der Waals surface area contributed by atoms with E-state index in [1.807, 2.05) is 6.92 Å². The van der Waals surface area contributed by atoms with E-state index in [0.717, 1.165) is 9.54 Å². The van der Waals surface area contributed by atoms with Gasteiger partial charge in [-0.3, -0.25) is 14.4 Å². The van der Waals surface area contributed by atoms with Crippen molar-refractivity contribution in [3.05, 3.63) is 89.1 Å². The Bertz CT molecular complexity index is 1720. The number of carbonyl (C=O) groups is 3. The van der Waals surface area contributed by atoms with Crippen LogP contribution in [0.3, 0.4) is 0 Å². The van der Waals surface area contributed by atoms with Gasteiger partial charge >= 0.3 is 11.9 Å². The molecule has 2 N–H and O–H groups in total. The second kappa shape index (κ2) is 11.8. The summed E-state index contributed by atoms with van der Waals surface area (Å²) in [6.07, 6.45) is 1.20. The minimum atomic E-state index is -4.17. The topological polar surface area (TPSA) is 141 Å². The molecule has 3 aromatic carbocycles. The van der Waals surface area contributed by atoms with Crippen LogP contribution in [-0.2, 0) is 29.1 Å². The van der Waals surface area contributed by atoms with Gasteiger partial charge in [-0.2, -0.15) is 0 Å². The van der Waals surface area contributed by atoms with Gasteiger partial charge in [-0.15, -0.1) is 0 Å². The second-order valence-electron chi connectivity index (χ2n) is 9.29. The number of para-hydroxylation sites is 1. The predicted molar refractivity (Wildman–Crippen MR) is 153 cm³/mol. The van der Waals surface area contributed by atoms with Gasteiger partial charge in [0.1, 0.15) is 5.75 Å². The summed E-state index contributed by atoms with van der Waals surface area (Å²) in [6.45, 7) is 6.62. The zero-order valence-electron chi connectivity index (χ0n) is 23.0. The van der Waals surface area contributed by atoms with Crippen LogP contribution in [0.4, 0.5) is 5.69 Å². The molecule has 214 valence electrons. The summed E-state index contributed by atoms with van der Waals surface area (Å²) in [6, 6.07) is 15.4. The average molecular weight is 579 g/mol. The first-order valence-corrected chi connectivity index (χ1v) is 14.3. The lowest BCUT2D eigenvalue weighted by molar-refractivity contribution is -0.156. The maximum absolute atomic E-state index is 13.7. The van der Waals surface area contributed by atoms with Crippen LogP contribution in [0.15, 0.2) is 71.8 Å². The maximum Gasteiger partial charge on any atom is 0.324 e. The number of benzene rings is 3. The quantitative estimate of drug-likeness (QED) is 0.216. The minimum Gasteiger partial charge on any atom is -0.507 e. The molecule has 4 rings (SSSR count). The predicted octanol–water partition coefficient (Wildman–Crippen LogP) is 4.66. The molecular weight excluding hydrogens is 548 g/mol. The Morgan fingerprint density at radius 2 is 1.56 bits per heavy atom. The van der Waals surface area contributed by atoms with Gasteiger partial charge in [0.15, 0.2) is 5.92 Å². The van der Waals surface area contributed by atoms with Crippen molar-refractivity contribution in [3.63, 3.8) is 0 Å². The van der Waals surface area contributed by atoms with Gasteiger partial charge in [0.05, 0.1) is 29.2 Å². The number of hydrogen-bond acceptors (Lipinski definition) is 8. The number of anilines is 1. The number of phenols is 1. The first-order chi connectivity index (χ1) is 19.5. The summed E-state index contributed by atoms with van der Waals surface area (Å²) in [5, 5.41) is 13.2. The van der Waals surface area contributed by atoms with Crippen molar-refractivity contribution in [3.8, 4) is 5.75 Å². The van der Waals surface area contributed by atoms with Crippen molar-refractivity contribution in [2.75, 3.05) is 18.5 Å². The molecule has 0 aliphatic carbocycles. The summed E-state index contributed by atoms with van der Waals surface area (Å²) in [4.78, 5) is 39.0. The smallest absolute Gasteiger partial charge is 0.324 e. The van der Waals surface area contributed by atoms with Gasteiger partial charge in [-0.25, -0.2) is 12.4 Å². The molecule has 0 spiro atoms. The normalized spacial score (nSPS) is 11.4. The van der Waals surface area contributed by atoms with Crippen LogP contribution in [0.2, 0.25) is 0 Å². The SMILES string of the molecule is CCOC(=O)C(C(=O)OCC)c1cn(S(=O)(=O)c2ccc(C)cc2)c2ccc(NC(=O)c3cccc(C)c3O)cc12. The molecule has 0 aliphatic heterocycles. The van der Waals surface area contributed by atoms with Crippen LogP contribution in [-0.4, -0.2) is 48.6 Å². The second-order valence-corrected chi connectivity index (χ2v) is 11.1. The molecule has 0 fully saturated rings. The first kappa shape index (κ1) is 29.3. The van der Waals surface area contributed by atoms with Crippen LogP contribution >= 0.6 is 0 Å². The highest BCUT2D eigenvalue weighted by molar-refractivity contribution is 7.90. The summed E-state index contributed by atoms with van der Waals surface area (Å²) in [5.74, 6) is -4.18. The number of rotatable bonds is 9. The molecule has 1 heterocycles. The number of aromatic hydroxyl groups is 1. The molecule has 0 saturated heterocycles. The van der Waals surface area contributed by atoms with Crippen molar-refractivity contribution in [1.29, 1.82) is 0 Å². The molecule has 0 radical (unpaired) electrons. The number of hydrogen-bond donors (Lipinski definition) is 2. The van der Waals surface area contributed by atoms with E-state index < -0.39 is 33.8 Å². The Balaban J connectivity index is 1.91. The van der Waals surface area contributed by atoms with Crippen molar-refractivity contribution in [2.45, 2.75) is 38.5 Å². The fourth-order valence-electron chi connectivity index (χ4n) is 4.40. The number of nitrogens with zero attached hydrogens (tertiary/aromatic N) is 1. The van der Waals surface area contributed by atoms with E-state index in [0.29, 0.717) is 5.56 Å². The van der Waals surface area contributed by atoms with E-state index in [9.17, 15) is 27.9 Å². The summed E-state index contributed by atoms with van der Waals surface area (Å²) >= 11 is 0. The van der Waals surface area contributed by atoms with E-state index in [1.165, 1.54) is 42.6 Å². The molecule has 0 aliphatic rings. The van der Waals surface area contributed by atoms with Crippen molar-refractivity contribution in [1.82, 2.24) is 3.97 Å². The first-order valence-electron chi connectivity index (χ1n) is 12.9. The van der Waals surface area contributed by atoms with Crippen LogP contribution in [0.5, 0.6) is 5.75 Å². The number of phenolic OH excluding ortho intramolecular Hbond substituents is 1. The monoisotopic (exact) mass is 578 g/mol. The number of esters is 2. The summed E-state index contributed by atoms with van der Waals surface area (Å²) in [5.41, 5.74) is 1.85. The van der Waals surface area contributed by atoms with Gasteiger partial charge < -0.3 is 19.9 Å². The number of aryl methyl sites for hydroxylation is 2. The number of ether oxygens (including phenoxy) is 2. The lowest BCUT2D eigenvalue weighted by Gasteiger charge is -2.14. The van der Waals surface area contributed by atoms with E-state index in [4.69, 9.17) is 9.47 Å². The third kappa shape index (κ3) is 5.80. The molecule has 41 heavy (non-hydrogen) atoms. The molecule has 4 aromatic rings. The molecular formula is C30H30N2O8S. The highest BCUT2D eigenvalue weighted by atomic mass is 32.2. The lowest BCUT2D eigenvalue weighted by Crippen LogP contribution is -2.26. The van der Waals surface area contributed by atoms with Gasteiger partial charge in [-0.05, 0) is 69.7 Å². The Labute approximate surface area is 237 Å². The fourth-order valence-corrected chi connectivity index (χ4v) is 5.77. The van der Waals surface area contributed by atoms with E-state index in [2.05, 4.69) is 5.32 Å². The zero-order valence-corrected chi connectivity index (χ0v) is 23.8. The zero-order chi connectivity index (χ0) is 29.9. The maximum atomic E-state index is 13.7. The standard InChI is InChI=1S/C30H30N2O8S/c1-5-39-29(35)26(30(36)40-6-2)24-17-32(41(37,38)21-13-10-18(3)11-14-21)25-15-12-20(16-23(24)25)31-28(34)22-9-7-8-19(4)27(22)33/h7-17,26,33H,5-6H2,1-4H3,(H,31,34). The number of nitrogens with one attached hydrogen (secondary N) is 1. The average Bonchev–Trinajstić information content (AvgIpc) is 3.30. The summed E-state index contributed by atoms with van der Waals surface area (Å²) in [7, 11) is -4.17. The Kier molecular flexibility index (Phi) is 8.48. The molecule has 10 nitrogen and oxygen atoms in total. The van der Waals surface area contributed by atoms with Crippen LogP contribution < -0.4 is 5.32 Å². The summed E-state index contributed by atoms with van der Waals surface area (Å²) < 4.78 is 38.8. The molecule has 1 amide bonds. The van der Waals surface area contributed by atoms with Crippen LogP contribution in [0.1, 0.15) is 46.8 Å². The molecule has 0 atom stereocenters. The van der Waals surface area contributed by atoms with Crippen molar-refractivity contribution >= 4 is 44.5 Å². The molecule has 0 unspecified atom stereocenters. The minimum absolute atomic E-state index is 0.00247. The Morgan fingerprint density at radius 1 is 0.927 bits per heavy atom. The lowest BCUT2D eigenvalue weighted by atomic mass is 9.98. The Morgan fingerprint density at radius 3 is 2.17 bits per heavy atom. The molecule has 1 aromatic heterocycles. The number of amides is 1. The van der Waals surface area contributed by atoms with Crippen molar-refractivity contribution in [2.24, 2.45) is 0 Å². The molecule has 0 bridgehead atoms. The highest BCUT2D eigenvalue weighted by Crippen LogP contribution is 2.34. The Hall–Kier alpha value is -4.64. The highest BCUT2D eigenvalue weighted by Gasteiger charge is 2.36. The largest absolute Gasteiger partial charge is 0.507 e. The van der Waals surface area contributed by atoms with Gasteiger partial charge in [0.2, 0.25) is 0 Å². The third-order valence-corrected chi connectivity index (χ3v) is 8.16. The van der Waals surface area contributed by atoms with E-state index in [1.54, 1.807) is 45.0 Å². The van der Waals surface area contributed by atoms with Crippen LogP contribution in [0.25, 0.3) is 10.9 Å². The van der Waals surface area contributed by atoms with Gasteiger partial charge in [0, 0.05) is 22.8 Å². The number of aromatic nitrogens is 1. The number of fused-ring (bicyclic) bond motifs is 1. The van der Waals surface area contributed by atoms with Gasteiger partial charge in [-0.1, -0.05) is 29.8 Å². The van der Waals surface area contributed by atoms with E-state index >= 15 is 0 Å². The third-order valence-electron chi connectivity index (χ3n) is 6.47. The number of carbonyl (C=O) groups excluding carboxylic acids is 3. The van der Waals surface area contributed by atoms with Crippen LogP contribution in [0, 0.1) is 13.8 Å². The van der Waals surface area contributed by atoms with Crippen molar-refractivity contribution < 1.29 is 37.4 Å². The van der Waals surface area contributed by atoms with E-state index in [-0.39, 0.29) is 51.6 Å².